The predicted molar refractivity (Wildman–Crippen MR) is 41.8 cm³/mol. The van der Waals surface area contributed by atoms with Crippen LogP contribution in [0.2, 0.25) is 0 Å². The minimum absolute atomic E-state index is 0.125. The summed E-state index contributed by atoms with van der Waals surface area (Å²) in [6.07, 6.45) is 3.34. The minimum atomic E-state index is -0.234. The lowest BCUT2D eigenvalue weighted by molar-refractivity contribution is 0.185. The molecule has 2 heteroatoms. The third-order valence-electron chi connectivity index (χ3n) is 1.33. The Morgan fingerprint density at radius 3 is 2.60 bits per heavy atom. The fourth-order valence-corrected chi connectivity index (χ4v) is 0.635. The SMILES string of the molecule is C/C(=C/CCC(C)O)CO. The van der Waals surface area contributed by atoms with Crippen LogP contribution in [0.1, 0.15) is 26.7 Å². The molecule has 0 radical (unpaired) electrons. The zero-order valence-corrected chi connectivity index (χ0v) is 6.67. The first-order valence-electron chi connectivity index (χ1n) is 3.61. The number of rotatable bonds is 4. The first kappa shape index (κ1) is 9.66. The molecule has 0 heterocycles. The van der Waals surface area contributed by atoms with Gasteiger partial charge in [-0.2, -0.15) is 0 Å². The van der Waals surface area contributed by atoms with Gasteiger partial charge in [-0.15, -0.1) is 0 Å². The van der Waals surface area contributed by atoms with Crippen LogP contribution in [0.15, 0.2) is 11.6 Å². The second kappa shape index (κ2) is 5.45. The molecule has 10 heavy (non-hydrogen) atoms. The van der Waals surface area contributed by atoms with E-state index in [0.717, 1.165) is 18.4 Å². The molecule has 0 amide bonds. The Bertz CT molecular complexity index is 106. The first-order valence-corrected chi connectivity index (χ1v) is 3.61. The highest BCUT2D eigenvalue weighted by atomic mass is 16.3. The summed E-state index contributed by atoms with van der Waals surface area (Å²) in [4.78, 5) is 0. The van der Waals surface area contributed by atoms with E-state index < -0.39 is 0 Å². The van der Waals surface area contributed by atoms with Crippen molar-refractivity contribution >= 4 is 0 Å². The highest BCUT2D eigenvalue weighted by Crippen LogP contribution is 2.00. The lowest BCUT2D eigenvalue weighted by Crippen LogP contribution is -1.97. The molecule has 0 saturated heterocycles. The average molecular weight is 144 g/mol. The molecule has 1 unspecified atom stereocenters. The van der Waals surface area contributed by atoms with Gasteiger partial charge in [0.25, 0.3) is 0 Å². The smallest absolute Gasteiger partial charge is 0.0639 e. The summed E-state index contributed by atoms with van der Waals surface area (Å²) in [6, 6.07) is 0. The molecule has 0 bridgehead atoms. The molecule has 0 aromatic heterocycles. The molecule has 0 aromatic carbocycles. The molecular formula is C8H16O2. The van der Waals surface area contributed by atoms with Crippen molar-refractivity contribution in [2.45, 2.75) is 32.8 Å². The molecule has 0 aliphatic heterocycles. The topological polar surface area (TPSA) is 40.5 Å². The van der Waals surface area contributed by atoms with Crippen molar-refractivity contribution in [1.29, 1.82) is 0 Å². The number of allylic oxidation sites excluding steroid dienone is 1. The Balaban J connectivity index is 3.34. The predicted octanol–water partition coefficient (Wildman–Crippen LogP) is 1.09. The van der Waals surface area contributed by atoms with E-state index in [-0.39, 0.29) is 12.7 Å². The monoisotopic (exact) mass is 144 g/mol. The van der Waals surface area contributed by atoms with Gasteiger partial charge in [-0.3, -0.25) is 0 Å². The van der Waals surface area contributed by atoms with E-state index >= 15 is 0 Å². The van der Waals surface area contributed by atoms with Crippen molar-refractivity contribution in [2.75, 3.05) is 6.61 Å². The fourth-order valence-electron chi connectivity index (χ4n) is 0.635. The molecule has 0 fully saturated rings. The largest absolute Gasteiger partial charge is 0.393 e. The van der Waals surface area contributed by atoms with E-state index in [1.807, 2.05) is 13.0 Å². The molecule has 2 nitrogen and oxygen atoms in total. The zero-order chi connectivity index (χ0) is 7.98. The Morgan fingerprint density at radius 1 is 1.60 bits per heavy atom. The van der Waals surface area contributed by atoms with Crippen molar-refractivity contribution < 1.29 is 10.2 Å². The van der Waals surface area contributed by atoms with Gasteiger partial charge in [0.2, 0.25) is 0 Å². The summed E-state index contributed by atoms with van der Waals surface area (Å²) < 4.78 is 0. The van der Waals surface area contributed by atoms with Gasteiger partial charge in [-0.05, 0) is 26.7 Å². The number of hydrogen-bond donors (Lipinski definition) is 2. The Hall–Kier alpha value is -0.340. The third kappa shape index (κ3) is 5.79. The summed E-state index contributed by atoms with van der Waals surface area (Å²) in [7, 11) is 0. The normalized spacial score (nSPS) is 15.4. The van der Waals surface area contributed by atoms with Crippen molar-refractivity contribution in [1.82, 2.24) is 0 Å². The van der Waals surface area contributed by atoms with Gasteiger partial charge in [0.05, 0.1) is 12.7 Å². The van der Waals surface area contributed by atoms with Crippen LogP contribution in [-0.4, -0.2) is 22.9 Å². The average Bonchev–Trinajstić information content (AvgIpc) is 1.87. The number of aliphatic hydroxyl groups is 2. The van der Waals surface area contributed by atoms with Crippen molar-refractivity contribution in [2.24, 2.45) is 0 Å². The van der Waals surface area contributed by atoms with E-state index in [2.05, 4.69) is 0 Å². The van der Waals surface area contributed by atoms with Crippen molar-refractivity contribution in [3.05, 3.63) is 11.6 Å². The van der Waals surface area contributed by atoms with E-state index in [0.29, 0.717) is 0 Å². The standard InChI is InChI=1S/C8H16O2/c1-7(6-9)4-3-5-8(2)10/h4,8-10H,3,5-6H2,1-2H3/b7-4-. The highest BCUT2D eigenvalue weighted by Gasteiger charge is 1.92. The molecule has 0 saturated carbocycles. The molecule has 2 N–H and O–H groups in total. The Labute approximate surface area is 62.2 Å². The fraction of sp³-hybridized carbons (Fsp3) is 0.750. The van der Waals surface area contributed by atoms with Crippen LogP contribution in [-0.2, 0) is 0 Å². The number of aliphatic hydroxyl groups excluding tert-OH is 2. The lowest BCUT2D eigenvalue weighted by atomic mass is 10.2. The molecule has 0 aliphatic rings. The van der Waals surface area contributed by atoms with E-state index in [1.165, 1.54) is 0 Å². The quantitative estimate of drug-likeness (QED) is 0.580. The van der Waals surface area contributed by atoms with Crippen LogP contribution in [0, 0.1) is 0 Å². The summed E-state index contributed by atoms with van der Waals surface area (Å²) >= 11 is 0. The molecule has 1 atom stereocenters. The van der Waals surface area contributed by atoms with Gasteiger partial charge < -0.3 is 10.2 Å². The zero-order valence-electron chi connectivity index (χ0n) is 6.67. The lowest BCUT2D eigenvalue weighted by Gasteiger charge is -1.99. The van der Waals surface area contributed by atoms with Crippen LogP contribution < -0.4 is 0 Å². The van der Waals surface area contributed by atoms with Crippen molar-refractivity contribution in [3.63, 3.8) is 0 Å². The van der Waals surface area contributed by atoms with Gasteiger partial charge >= 0.3 is 0 Å². The molecule has 0 aromatic rings. The second-order valence-electron chi connectivity index (χ2n) is 2.63. The van der Waals surface area contributed by atoms with E-state index in [1.54, 1.807) is 6.92 Å². The van der Waals surface area contributed by atoms with Crippen molar-refractivity contribution in [3.8, 4) is 0 Å². The Morgan fingerprint density at radius 2 is 2.20 bits per heavy atom. The van der Waals surface area contributed by atoms with Crippen LogP contribution in [0.3, 0.4) is 0 Å². The van der Waals surface area contributed by atoms with E-state index in [4.69, 9.17) is 10.2 Å². The minimum Gasteiger partial charge on any atom is -0.393 e. The maximum Gasteiger partial charge on any atom is 0.0639 e. The van der Waals surface area contributed by atoms with E-state index in [9.17, 15) is 0 Å². The maximum absolute atomic E-state index is 8.85. The van der Waals surface area contributed by atoms with Gasteiger partial charge in [0.1, 0.15) is 0 Å². The Kier molecular flexibility index (Phi) is 5.26. The summed E-state index contributed by atoms with van der Waals surface area (Å²) in [5, 5.41) is 17.4. The highest BCUT2D eigenvalue weighted by molar-refractivity contribution is 4.97. The number of hydrogen-bond acceptors (Lipinski definition) is 2. The van der Waals surface area contributed by atoms with Crippen LogP contribution >= 0.6 is 0 Å². The van der Waals surface area contributed by atoms with Gasteiger partial charge in [0.15, 0.2) is 0 Å². The molecule has 0 spiro atoms. The van der Waals surface area contributed by atoms with Crippen LogP contribution in [0.5, 0.6) is 0 Å². The molecule has 60 valence electrons. The van der Waals surface area contributed by atoms with Crippen LogP contribution in [0.25, 0.3) is 0 Å². The summed E-state index contributed by atoms with van der Waals surface area (Å²) in [5.41, 5.74) is 0.973. The van der Waals surface area contributed by atoms with Gasteiger partial charge in [0, 0.05) is 0 Å². The molecular weight excluding hydrogens is 128 g/mol. The maximum atomic E-state index is 8.85. The third-order valence-corrected chi connectivity index (χ3v) is 1.33. The van der Waals surface area contributed by atoms with Gasteiger partial charge in [-0.25, -0.2) is 0 Å². The molecule has 0 aliphatic carbocycles. The summed E-state index contributed by atoms with van der Waals surface area (Å²) in [5.74, 6) is 0. The molecule has 0 rings (SSSR count). The summed E-state index contributed by atoms with van der Waals surface area (Å²) in [6.45, 7) is 3.77. The second-order valence-corrected chi connectivity index (χ2v) is 2.63. The van der Waals surface area contributed by atoms with Crippen LogP contribution in [0.4, 0.5) is 0 Å². The van der Waals surface area contributed by atoms with Gasteiger partial charge in [-0.1, -0.05) is 11.6 Å². The first-order chi connectivity index (χ1) is 4.66.